The van der Waals surface area contributed by atoms with Crippen molar-refractivity contribution in [3.63, 3.8) is 0 Å². The summed E-state index contributed by atoms with van der Waals surface area (Å²) in [4.78, 5) is 18.1. The Morgan fingerprint density at radius 2 is 1.50 bits per heavy atom. The molecule has 0 aliphatic carbocycles. The Balaban J connectivity index is 1.32. The van der Waals surface area contributed by atoms with E-state index in [2.05, 4.69) is 4.90 Å². The molecule has 5 aromatic rings. The lowest BCUT2D eigenvalue weighted by molar-refractivity contribution is -0.384. The van der Waals surface area contributed by atoms with Crippen LogP contribution < -0.4 is 0 Å². The van der Waals surface area contributed by atoms with Crippen LogP contribution in [0.3, 0.4) is 0 Å². The first kappa shape index (κ1) is 28.3. The van der Waals surface area contributed by atoms with Gasteiger partial charge in [0, 0.05) is 66.7 Å². The van der Waals surface area contributed by atoms with E-state index in [4.69, 9.17) is 28.2 Å². The summed E-state index contributed by atoms with van der Waals surface area (Å²) < 4.78 is 29.9. The lowest BCUT2D eigenvalue weighted by Gasteiger charge is -2.34. The Bertz CT molecular complexity index is 1890. The van der Waals surface area contributed by atoms with Gasteiger partial charge >= 0.3 is 0 Å². The van der Waals surface area contributed by atoms with E-state index in [1.54, 1.807) is 24.3 Å². The molecule has 3 heterocycles. The van der Waals surface area contributed by atoms with Gasteiger partial charge in [-0.05, 0) is 71.8 Å². The topological polar surface area (TPSA) is 101 Å². The van der Waals surface area contributed by atoms with Gasteiger partial charge in [-0.3, -0.25) is 15.0 Å². The predicted molar refractivity (Wildman–Crippen MR) is 163 cm³/mol. The second-order valence-electron chi connectivity index (χ2n) is 10.0. The molecular weight excluding hydrogens is 597 g/mol. The maximum atomic E-state index is 13.2. The Labute approximate surface area is 252 Å². The lowest BCUT2D eigenvalue weighted by atomic mass is 10.1. The number of hydrogen-bond acceptors (Lipinski definition) is 6. The van der Waals surface area contributed by atoms with Crippen LogP contribution in [-0.2, 0) is 16.6 Å². The normalized spacial score (nSPS) is 14.8. The third-order valence-electron chi connectivity index (χ3n) is 7.38. The number of fused-ring (bicyclic) bond motifs is 1. The van der Waals surface area contributed by atoms with Gasteiger partial charge in [-0.15, -0.1) is 0 Å². The first-order valence-corrected chi connectivity index (χ1v) is 15.4. The molecule has 214 valence electrons. The van der Waals surface area contributed by atoms with E-state index < -0.39 is 14.9 Å². The minimum Gasteiger partial charge on any atom is -0.301 e. The van der Waals surface area contributed by atoms with Crippen molar-refractivity contribution < 1.29 is 13.3 Å². The zero-order valence-corrected chi connectivity index (χ0v) is 24.6. The SMILES string of the molecule is O=[N+]([O-])c1ccc(-c2nc3ccc(-c4cccc(Cl)c4)cn3c2CN2CCN(S(=O)(=O)c3ccc(Cl)cc3)CC2)cc1. The molecule has 1 fully saturated rings. The van der Waals surface area contributed by atoms with Gasteiger partial charge in [0.05, 0.1) is 21.2 Å². The fraction of sp³-hybridized carbons (Fsp3) is 0.167. The van der Waals surface area contributed by atoms with E-state index in [0.717, 1.165) is 28.0 Å². The minimum absolute atomic E-state index is 0.00493. The molecule has 2 aromatic heterocycles. The number of aromatic nitrogens is 2. The smallest absolute Gasteiger partial charge is 0.269 e. The van der Waals surface area contributed by atoms with Crippen LogP contribution in [0, 0.1) is 10.1 Å². The van der Waals surface area contributed by atoms with E-state index >= 15 is 0 Å². The number of hydrogen-bond donors (Lipinski definition) is 0. The van der Waals surface area contributed by atoms with Gasteiger partial charge in [-0.2, -0.15) is 4.31 Å². The molecule has 0 N–H and O–H groups in total. The fourth-order valence-corrected chi connectivity index (χ4v) is 6.89. The average Bonchev–Trinajstić information content (AvgIpc) is 3.35. The summed E-state index contributed by atoms with van der Waals surface area (Å²) in [6.07, 6.45) is 2.01. The van der Waals surface area contributed by atoms with E-state index in [-0.39, 0.29) is 10.6 Å². The molecule has 1 saturated heterocycles. The summed E-state index contributed by atoms with van der Waals surface area (Å²) in [7, 11) is -3.64. The van der Waals surface area contributed by atoms with Crippen molar-refractivity contribution in [2.45, 2.75) is 11.4 Å². The maximum absolute atomic E-state index is 13.2. The molecule has 0 atom stereocenters. The zero-order valence-electron chi connectivity index (χ0n) is 22.2. The third kappa shape index (κ3) is 5.64. The van der Waals surface area contributed by atoms with Gasteiger partial charge in [0.1, 0.15) is 5.65 Å². The molecule has 0 bridgehead atoms. The van der Waals surface area contributed by atoms with Crippen LogP contribution in [0.5, 0.6) is 0 Å². The van der Waals surface area contributed by atoms with Gasteiger partial charge in [-0.25, -0.2) is 13.4 Å². The number of imidazole rings is 1. The second-order valence-corrected chi connectivity index (χ2v) is 12.8. The monoisotopic (exact) mass is 621 g/mol. The number of halogens is 2. The van der Waals surface area contributed by atoms with Crippen LogP contribution in [0.4, 0.5) is 5.69 Å². The number of nitro benzene ring substituents is 1. The van der Waals surface area contributed by atoms with Crippen molar-refractivity contribution in [3.8, 4) is 22.4 Å². The molecule has 0 saturated carbocycles. The fourth-order valence-electron chi connectivity index (χ4n) is 5.15. The highest BCUT2D eigenvalue weighted by Crippen LogP contribution is 2.31. The Hall–Kier alpha value is -3.80. The van der Waals surface area contributed by atoms with Crippen molar-refractivity contribution in [2.75, 3.05) is 26.2 Å². The van der Waals surface area contributed by atoms with E-state index in [0.29, 0.717) is 48.5 Å². The van der Waals surface area contributed by atoms with Gasteiger partial charge in [0.25, 0.3) is 5.69 Å². The van der Waals surface area contributed by atoms with E-state index in [1.165, 1.54) is 28.6 Å². The quantitative estimate of drug-likeness (QED) is 0.154. The second kappa shape index (κ2) is 11.5. The zero-order chi connectivity index (χ0) is 29.4. The largest absolute Gasteiger partial charge is 0.301 e. The summed E-state index contributed by atoms with van der Waals surface area (Å²) in [5.74, 6) is 0. The molecule has 3 aromatic carbocycles. The summed E-state index contributed by atoms with van der Waals surface area (Å²) in [5, 5.41) is 12.4. The number of benzene rings is 3. The van der Waals surface area contributed by atoms with Crippen molar-refractivity contribution in [1.82, 2.24) is 18.6 Å². The minimum atomic E-state index is -3.64. The molecule has 0 unspecified atom stereocenters. The molecule has 1 aliphatic rings. The molecule has 1 aliphatic heterocycles. The number of rotatable bonds is 7. The first-order valence-electron chi connectivity index (χ1n) is 13.2. The van der Waals surface area contributed by atoms with Crippen LogP contribution in [0.15, 0.2) is 96.0 Å². The molecule has 9 nitrogen and oxygen atoms in total. The first-order chi connectivity index (χ1) is 20.2. The molecule has 42 heavy (non-hydrogen) atoms. The van der Waals surface area contributed by atoms with Gasteiger partial charge < -0.3 is 4.40 Å². The number of nitrogens with zero attached hydrogens (tertiary/aromatic N) is 5. The van der Waals surface area contributed by atoms with Crippen molar-refractivity contribution in [1.29, 1.82) is 0 Å². The third-order valence-corrected chi connectivity index (χ3v) is 9.78. The van der Waals surface area contributed by atoms with Crippen LogP contribution in [0.1, 0.15) is 5.69 Å². The highest BCUT2D eigenvalue weighted by atomic mass is 35.5. The predicted octanol–water partition coefficient (Wildman–Crippen LogP) is 6.39. The van der Waals surface area contributed by atoms with Crippen molar-refractivity contribution >= 4 is 44.6 Å². The molecule has 0 spiro atoms. The summed E-state index contributed by atoms with van der Waals surface area (Å²) in [5.41, 5.74) is 5.02. The highest BCUT2D eigenvalue weighted by molar-refractivity contribution is 7.89. The molecule has 0 amide bonds. The summed E-state index contributed by atoms with van der Waals surface area (Å²) >= 11 is 12.2. The molecular formula is C30H25Cl2N5O4S. The molecule has 6 rings (SSSR count). The van der Waals surface area contributed by atoms with E-state index in [1.807, 2.05) is 47.0 Å². The van der Waals surface area contributed by atoms with E-state index in [9.17, 15) is 18.5 Å². The number of pyridine rings is 1. The summed E-state index contributed by atoms with van der Waals surface area (Å²) in [6, 6.07) is 24.1. The number of sulfonamides is 1. The van der Waals surface area contributed by atoms with Crippen LogP contribution in [0.2, 0.25) is 10.0 Å². The van der Waals surface area contributed by atoms with Gasteiger partial charge in [0.15, 0.2) is 0 Å². The Morgan fingerprint density at radius 3 is 2.17 bits per heavy atom. The van der Waals surface area contributed by atoms with Crippen LogP contribution in [0.25, 0.3) is 28.0 Å². The summed E-state index contributed by atoms with van der Waals surface area (Å²) in [6.45, 7) is 2.22. The van der Waals surface area contributed by atoms with Crippen LogP contribution >= 0.6 is 23.2 Å². The number of nitro groups is 1. The van der Waals surface area contributed by atoms with Gasteiger partial charge in [-0.1, -0.05) is 35.3 Å². The maximum Gasteiger partial charge on any atom is 0.269 e. The van der Waals surface area contributed by atoms with Crippen LogP contribution in [-0.4, -0.2) is 58.1 Å². The number of non-ortho nitro benzene ring substituents is 1. The molecule has 12 heteroatoms. The number of piperazine rings is 1. The van der Waals surface area contributed by atoms with Crippen molar-refractivity contribution in [2.24, 2.45) is 0 Å². The lowest BCUT2D eigenvalue weighted by Crippen LogP contribution is -2.48. The van der Waals surface area contributed by atoms with Gasteiger partial charge in [0.2, 0.25) is 10.0 Å². The molecule has 0 radical (unpaired) electrons. The standard InChI is InChI=1S/C30H25Cl2N5O4S/c31-24-7-11-27(12-8-24)42(40,41)35-16-14-34(15-17-35)20-28-30(21-4-9-26(10-5-21)37(38)39)33-29-13-6-23(19-36(28)29)22-2-1-3-25(32)18-22/h1-13,18-19H,14-17,20H2. The van der Waals surface area contributed by atoms with Crippen molar-refractivity contribution in [3.05, 3.63) is 117 Å². The average molecular weight is 623 g/mol. The Kier molecular flexibility index (Phi) is 7.73. The Morgan fingerprint density at radius 1 is 0.810 bits per heavy atom. The highest BCUT2D eigenvalue weighted by Gasteiger charge is 2.29.